The highest BCUT2D eigenvalue weighted by molar-refractivity contribution is 6.00. The number of halogens is 1. The molecule has 4 rings (SSSR count). The van der Waals surface area contributed by atoms with E-state index in [1.165, 1.54) is 24.1 Å². The quantitative estimate of drug-likeness (QED) is 0.279. The third-order valence-electron chi connectivity index (χ3n) is 8.98. The number of ether oxygens (including phenoxy) is 1. The maximum atomic E-state index is 13.8. The van der Waals surface area contributed by atoms with E-state index in [0.717, 1.165) is 11.1 Å². The lowest BCUT2D eigenvalue weighted by molar-refractivity contribution is -0.138. The molecule has 1 heterocycles. The summed E-state index contributed by atoms with van der Waals surface area (Å²) in [4.78, 5) is 69.2. The number of amides is 5. The molecule has 0 bridgehead atoms. The van der Waals surface area contributed by atoms with Crippen LogP contribution in [-0.2, 0) is 31.0 Å². The predicted molar refractivity (Wildman–Crippen MR) is 196 cm³/mol. The van der Waals surface area contributed by atoms with Crippen molar-refractivity contribution in [2.45, 2.75) is 76.9 Å². The van der Waals surface area contributed by atoms with Crippen LogP contribution in [-0.4, -0.2) is 79.3 Å². The molecular formula is C40H50FN5O6. The summed E-state index contributed by atoms with van der Waals surface area (Å²) in [5.74, 6) is -2.36. The number of likely N-dealkylation sites (N-methyl/N-ethyl adjacent to an activating group) is 1. The summed E-state index contributed by atoms with van der Waals surface area (Å²) < 4.78 is 19.7. The number of benzene rings is 3. The molecule has 0 unspecified atom stereocenters. The van der Waals surface area contributed by atoms with Crippen molar-refractivity contribution in [1.29, 1.82) is 0 Å². The fourth-order valence-corrected chi connectivity index (χ4v) is 6.07. The number of hydrogen-bond acceptors (Lipinski definition) is 6. The number of fused-ring (bicyclic) bond motifs is 1. The van der Waals surface area contributed by atoms with E-state index in [9.17, 15) is 28.4 Å². The van der Waals surface area contributed by atoms with Crippen LogP contribution in [0.1, 0.15) is 68.4 Å². The molecule has 4 N–H and O–H groups in total. The van der Waals surface area contributed by atoms with Crippen molar-refractivity contribution in [1.82, 2.24) is 26.2 Å². The number of nitrogens with one attached hydrogen (secondary N) is 4. The Balaban J connectivity index is 1.63. The molecule has 1 aliphatic heterocycles. The average Bonchev–Trinajstić information content (AvgIpc) is 3.10. The zero-order chi connectivity index (χ0) is 37.8. The molecular weight excluding hydrogens is 665 g/mol. The smallest absolute Gasteiger partial charge is 0.255 e. The molecule has 3 atom stereocenters. The van der Waals surface area contributed by atoms with Gasteiger partial charge in [0.2, 0.25) is 23.6 Å². The molecule has 11 nitrogen and oxygen atoms in total. The first-order valence-corrected chi connectivity index (χ1v) is 17.7. The Bertz CT molecular complexity index is 1700. The van der Waals surface area contributed by atoms with Crippen molar-refractivity contribution >= 4 is 29.5 Å². The van der Waals surface area contributed by atoms with E-state index in [0.29, 0.717) is 6.42 Å². The van der Waals surface area contributed by atoms with E-state index in [-0.39, 0.29) is 62.0 Å². The first-order valence-electron chi connectivity index (χ1n) is 17.7. The normalized spacial score (nSPS) is 19.7. The van der Waals surface area contributed by atoms with Gasteiger partial charge in [-0.25, -0.2) is 4.39 Å². The van der Waals surface area contributed by atoms with Crippen LogP contribution in [0, 0.1) is 11.7 Å². The van der Waals surface area contributed by atoms with Gasteiger partial charge < -0.3 is 30.9 Å². The van der Waals surface area contributed by atoms with Crippen LogP contribution in [0.5, 0.6) is 5.75 Å². The van der Waals surface area contributed by atoms with Gasteiger partial charge in [-0.2, -0.15) is 0 Å². The van der Waals surface area contributed by atoms with Crippen LogP contribution in [0.15, 0.2) is 78.9 Å². The second-order valence-electron chi connectivity index (χ2n) is 14.4. The van der Waals surface area contributed by atoms with Gasteiger partial charge in [0.15, 0.2) is 0 Å². The van der Waals surface area contributed by atoms with E-state index in [1.54, 1.807) is 36.4 Å². The molecule has 278 valence electrons. The van der Waals surface area contributed by atoms with Gasteiger partial charge in [-0.05, 0) is 54.2 Å². The molecule has 12 heteroatoms. The molecule has 0 saturated heterocycles. The zero-order valence-corrected chi connectivity index (χ0v) is 30.5. The highest BCUT2D eigenvalue weighted by Gasteiger charge is 2.30. The number of hydrogen-bond donors (Lipinski definition) is 4. The Kier molecular flexibility index (Phi) is 13.9. The summed E-state index contributed by atoms with van der Waals surface area (Å²) in [6.45, 7) is 7.80. The SMILES string of the molecule is CC(C)C[C@H]1COc2ccccc2C(=O)N[C@H](C(=O)NCC(C)(C)c2ccc(F)cc2)CCC(=O)N[C@@H](Cc2ccccc2)C(=O)N(C)CC(=O)N1. The monoisotopic (exact) mass is 715 g/mol. The first kappa shape index (κ1) is 39.5. The van der Waals surface area contributed by atoms with Crippen molar-refractivity contribution in [3.8, 4) is 5.75 Å². The molecule has 5 amide bonds. The van der Waals surface area contributed by atoms with E-state index < -0.39 is 53.1 Å². The third kappa shape index (κ3) is 11.6. The van der Waals surface area contributed by atoms with E-state index in [2.05, 4.69) is 21.3 Å². The molecule has 0 radical (unpaired) electrons. The largest absolute Gasteiger partial charge is 0.491 e. The molecule has 52 heavy (non-hydrogen) atoms. The number of nitrogens with zero attached hydrogens (tertiary/aromatic N) is 1. The van der Waals surface area contributed by atoms with Crippen molar-refractivity contribution < 1.29 is 33.1 Å². The molecule has 0 saturated carbocycles. The van der Waals surface area contributed by atoms with Crippen molar-refractivity contribution in [2.75, 3.05) is 26.7 Å². The Morgan fingerprint density at radius 3 is 2.29 bits per heavy atom. The first-order chi connectivity index (χ1) is 24.7. The van der Waals surface area contributed by atoms with E-state index >= 15 is 0 Å². The number of para-hydroxylation sites is 1. The topological polar surface area (TPSA) is 146 Å². The minimum Gasteiger partial charge on any atom is -0.491 e. The summed E-state index contributed by atoms with van der Waals surface area (Å²) >= 11 is 0. The molecule has 0 aromatic heterocycles. The Morgan fingerprint density at radius 2 is 1.60 bits per heavy atom. The van der Waals surface area contributed by atoms with Gasteiger partial charge in [-0.15, -0.1) is 0 Å². The minimum atomic E-state index is -1.13. The number of rotatable bonds is 8. The molecule has 0 fully saturated rings. The molecule has 3 aromatic carbocycles. The average molecular weight is 716 g/mol. The van der Waals surface area contributed by atoms with Gasteiger partial charge in [0, 0.05) is 31.8 Å². The molecule has 3 aromatic rings. The Labute approximate surface area is 305 Å². The predicted octanol–water partition coefficient (Wildman–Crippen LogP) is 3.91. The van der Waals surface area contributed by atoms with Crippen LogP contribution in [0.25, 0.3) is 0 Å². The standard InChI is InChI=1S/C40H50FN5O6/c1-26(2)21-30-24-52-34-14-10-9-13-31(34)37(49)45-32(38(50)42-25-40(3,4)28-15-17-29(41)18-16-28)19-20-35(47)44-33(22-27-11-7-6-8-12-27)39(51)46(5)23-36(48)43-30/h6-18,26,30,32-33H,19-25H2,1-5H3,(H,42,50)(H,43,48)(H,44,47)(H,45,49)/t30-,32-,33-/m0/s1. The highest BCUT2D eigenvalue weighted by atomic mass is 19.1. The maximum Gasteiger partial charge on any atom is 0.255 e. The maximum absolute atomic E-state index is 13.8. The second-order valence-corrected chi connectivity index (χ2v) is 14.4. The van der Waals surface area contributed by atoms with Gasteiger partial charge in [0.1, 0.15) is 30.3 Å². The van der Waals surface area contributed by atoms with E-state index in [4.69, 9.17) is 4.74 Å². The highest BCUT2D eigenvalue weighted by Crippen LogP contribution is 2.23. The van der Waals surface area contributed by atoms with Gasteiger partial charge in [0.25, 0.3) is 5.91 Å². The summed E-state index contributed by atoms with van der Waals surface area (Å²) in [6, 6.07) is 19.3. The summed E-state index contributed by atoms with van der Waals surface area (Å²) in [7, 11) is 1.51. The molecule has 1 aliphatic rings. The Hall–Kier alpha value is -5.26. The summed E-state index contributed by atoms with van der Waals surface area (Å²) in [5.41, 5.74) is 1.21. The van der Waals surface area contributed by atoms with Crippen molar-refractivity contribution in [3.05, 3.63) is 101 Å². The molecule has 0 aliphatic carbocycles. The van der Waals surface area contributed by atoms with Crippen LogP contribution in [0.4, 0.5) is 4.39 Å². The zero-order valence-electron chi connectivity index (χ0n) is 30.5. The fraction of sp³-hybridized carbons (Fsp3) is 0.425. The lowest BCUT2D eigenvalue weighted by atomic mass is 9.84. The van der Waals surface area contributed by atoms with E-state index in [1.807, 2.05) is 58.0 Å². The van der Waals surface area contributed by atoms with Crippen LogP contribution in [0.2, 0.25) is 0 Å². The van der Waals surface area contributed by atoms with Gasteiger partial charge in [-0.3, -0.25) is 24.0 Å². The van der Waals surface area contributed by atoms with Gasteiger partial charge in [-0.1, -0.05) is 82.3 Å². The number of carbonyl (C=O) groups is 5. The summed E-state index contributed by atoms with van der Waals surface area (Å²) in [5, 5.41) is 11.5. The Morgan fingerprint density at radius 1 is 0.923 bits per heavy atom. The van der Waals surface area contributed by atoms with Gasteiger partial charge in [0.05, 0.1) is 18.2 Å². The van der Waals surface area contributed by atoms with Crippen molar-refractivity contribution in [3.63, 3.8) is 0 Å². The lowest BCUT2D eigenvalue weighted by Crippen LogP contribution is -2.52. The second kappa shape index (κ2) is 18.3. The van der Waals surface area contributed by atoms with Crippen LogP contribution in [0.3, 0.4) is 0 Å². The minimum absolute atomic E-state index is 0.0565. The van der Waals surface area contributed by atoms with Gasteiger partial charge >= 0.3 is 0 Å². The van der Waals surface area contributed by atoms with Crippen LogP contribution >= 0.6 is 0 Å². The van der Waals surface area contributed by atoms with Crippen molar-refractivity contribution in [2.24, 2.45) is 5.92 Å². The third-order valence-corrected chi connectivity index (χ3v) is 8.98. The molecule has 0 spiro atoms. The summed E-state index contributed by atoms with van der Waals surface area (Å²) in [6.07, 6.45) is 0.472. The number of carbonyl (C=O) groups excluding carboxylic acids is 5. The lowest BCUT2D eigenvalue weighted by Gasteiger charge is -2.28. The fourth-order valence-electron chi connectivity index (χ4n) is 6.07. The van der Waals surface area contributed by atoms with Crippen LogP contribution < -0.4 is 26.0 Å².